The molecule has 1 aliphatic heterocycles. The van der Waals surface area contributed by atoms with Crippen molar-refractivity contribution in [2.75, 3.05) is 0 Å². The zero-order valence-electron chi connectivity index (χ0n) is 16.5. The molecule has 0 radical (unpaired) electrons. The van der Waals surface area contributed by atoms with Crippen LogP contribution in [0.2, 0.25) is 0 Å². The largest absolute Gasteiger partial charge is 0.490 e. The van der Waals surface area contributed by atoms with Crippen LogP contribution in [0.5, 0.6) is 5.75 Å². The van der Waals surface area contributed by atoms with Crippen LogP contribution in [0.25, 0.3) is 16.5 Å². The average Bonchev–Trinajstić information content (AvgIpc) is 3.50. The number of esters is 1. The zero-order chi connectivity index (χ0) is 20.7. The maximum absolute atomic E-state index is 12.5. The van der Waals surface area contributed by atoms with Gasteiger partial charge in [-0.25, -0.2) is 9.78 Å². The highest BCUT2D eigenvalue weighted by atomic mass is 32.1. The second-order valence-electron chi connectivity index (χ2n) is 7.22. The average molecular weight is 421 g/mol. The van der Waals surface area contributed by atoms with Crippen molar-refractivity contribution in [3.05, 3.63) is 70.6 Å². The number of aryl methyl sites for hydroxylation is 1. The van der Waals surface area contributed by atoms with Crippen molar-refractivity contribution >= 4 is 17.3 Å². The monoisotopic (exact) mass is 421 g/mol. The van der Waals surface area contributed by atoms with E-state index in [1.54, 1.807) is 13.0 Å². The topological polar surface area (TPSA) is 79.4 Å². The van der Waals surface area contributed by atoms with Gasteiger partial charge < -0.3 is 18.6 Å². The molecule has 4 heterocycles. The number of thiazole rings is 1. The minimum absolute atomic E-state index is 0.0248. The van der Waals surface area contributed by atoms with E-state index in [-0.39, 0.29) is 12.7 Å². The highest BCUT2D eigenvalue weighted by Crippen LogP contribution is 2.33. The third-order valence-electron chi connectivity index (χ3n) is 4.89. The van der Waals surface area contributed by atoms with Crippen molar-refractivity contribution in [2.45, 2.75) is 33.0 Å². The van der Waals surface area contributed by atoms with Crippen molar-refractivity contribution in [3.63, 3.8) is 0 Å². The van der Waals surface area contributed by atoms with Gasteiger partial charge in [0.25, 0.3) is 0 Å². The molecule has 0 saturated heterocycles. The first-order chi connectivity index (χ1) is 14.6. The smallest absolute Gasteiger partial charge is 0.350 e. The number of hydrogen-bond donors (Lipinski definition) is 0. The van der Waals surface area contributed by atoms with Gasteiger partial charge in [-0.3, -0.25) is 0 Å². The summed E-state index contributed by atoms with van der Waals surface area (Å²) >= 11 is 1.29. The van der Waals surface area contributed by atoms with E-state index in [4.69, 9.17) is 14.0 Å². The first-order valence-electron chi connectivity index (χ1n) is 9.60. The van der Waals surface area contributed by atoms with Crippen LogP contribution in [0.1, 0.15) is 33.5 Å². The Morgan fingerprint density at radius 1 is 1.30 bits per heavy atom. The second kappa shape index (κ2) is 7.46. The van der Waals surface area contributed by atoms with E-state index in [1.165, 1.54) is 16.9 Å². The summed E-state index contributed by atoms with van der Waals surface area (Å²) in [7, 11) is 0. The first-order valence-corrected chi connectivity index (χ1v) is 10.4. The maximum atomic E-state index is 12.5. The SMILES string of the molecule is Cc1nc(-n2cccc2)sc1C(=O)OCc1cc(-c2ccc3c(c2)OC(C)C3)on1. The highest BCUT2D eigenvalue weighted by Gasteiger charge is 2.21. The Balaban J connectivity index is 1.26. The van der Waals surface area contributed by atoms with Crippen LogP contribution < -0.4 is 4.74 Å². The second-order valence-corrected chi connectivity index (χ2v) is 8.19. The molecule has 8 heteroatoms. The lowest BCUT2D eigenvalue weighted by atomic mass is 10.1. The lowest BCUT2D eigenvalue weighted by molar-refractivity contribution is 0.0469. The van der Waals surface area contributed by atoms with Crippen LogP contribution in [0.4, 0.5) is 0 Å². The van der Waals surface area contributed by atoms with Crippen LogP contribution in [-0.2, 0) is 17.8 Å². The summed E-state index contributed by atoms with van der Waals surface area (Å²) in [6.45, 7) is 3.87. The van der Waals surface area contributed by atoms with Gasteiger partial charge in [-0.2, -0.15) is 0 Å². The number of carbonyl (C=O) groups is 1. The van der Waals surface area contributed by atoms with E-state index in [9.17, 15) is 4.79 Å². The van der Waals surface area contributed by atoms with Gasteiger partial charge in [0.2, 0.25) is 0 Å². The molecule has 4 aromatic rings. The molecule has 5 rings (SSSR count). The standard InChI is InChI=1S/C22H19N3O4S/c1-13-9-15-5-6-16(10-18(15)28-13)19-11-17(24-29-19)12-27-21(26)20-14(2)23-22(30-20)25-7-3-4-8-25/h3-8,10-11,13H,9,12H2,1-2H3. The number of aromatic nitrogens is 3. The normalized spacial score (nSPS) is 15.1. The van der Waals surface area contributed by atoms with Crippen molar-refractivity contribution in [1.82, 2.24) is 14.7 Å². The van der Waals surface area contributed by atoms with Crippen LogP contribution in [0, 0.1) is 6.92 Å². The zero-order valence-corrected chi connectivity index (χ0v) is 17.3. The molecule has 1 aromatic carbocycles. The lowest BCUT2D eigenvalue weighted by Crippen LogP contribution is -2.05. The molecule has 0 N–H and O–H groups in total. The van der Waals surface area contributed by atoms with Gasteiger partial charge in [0.15, 0.2) is 10.9 Å². The molecule has 3 aromatic heterocycles. The number of ether oxygens (including phenoxy) is 2. The Kier molecular flexibility index (Phi) is 4.63. The summed E-state index contributed by atoms with van der Waals surface area (Å²) in [5, 5.41) is 4.75. The number of carbonyl (C=O) groups excluding carboxylic acids is 1. The molecule has 30 heavy (non-hydrogen) atoms. The molecule has 0 amide bonds. The van der Waals surface area contributed by atoms with E-state index >= 15 is 0 Å². The predicted octanol–water partition coefficient (Wildman–Crippen LogP) is 4.58. The summed E-state index contributed by atoms with van der Waals surface area (Å²) in [4.78, 5) is 17.4. The molecule has 152 valence electrons. The van der Waals surface area contributed by atoms with Gasteiger partial charge in [0.1, 0.15) is 29.0 Å². The van der Waals surface area contributed by atoms with Crippen LogP contribution in [0.15, 0.2) is 53.3 Å². The van der Waals surface area contributed by atoms with Crippen molar-refractivity contribution < 1.29 is 18.8 Å². The number of rotatable bonds is 5. The Labute approximate surface area is 176 Å². The van der Waals surface area contributed by atoms with Crippen molar-refractivity contribution in [1.29, 1.82) is 0 Å². The number of nitrogens with zero attached hydrogens (tertiary/aromatic N) is 3. The van der Waals surface area contributed by atoms with Gasteiger partial charge in [-0.15, -0.1) is 0 Å². The molecule has 0 spiro atoms. The highest BCUT2D eigenvalue weighted by molar-refractivity contribution is 7.16. The summed E-state index contributed by atoms with van der Waals surface area (Å²) in [5.74, 6) is 1.06. The Morgan fingerprint density at radius 2 is 2.13 bits per heavy atom. The molecular formula is C22H19N3O4S. The van der Waals surface area contributed by atoms with E-state index in [0.29, 0.717) is 22.0 Å². The number of benzene rings is 1. The molecule has 1 atom stereocenters. The number of fused-ring (bicyclic) bond motifs is 1. The third kappa shape index (κ3) is 3.50. The molecule has 0 bridgehead atoms. The molecule has 0 saturated carbocycles. The summed E-state index contributed by atoms with van der Waals surface area (Å²) in [6, 6.07) is 11.6. The Bertz CT molecular complexity index is 1210. The predicted molar refractivity (Wildman–Crippen MR) is 111 cm³/mol. The minimum Gasteiger partial charge on any atom is -0.490 e. The van der Waals surface area contributed by atoms with Gasteiger partial charge in [-0.05, 0) is 37.6 Å². The fraction of sp³-hybridized carbons (Fsp3) is 0.227. The summed E-state index contributed by atoms with van der Waals surface area (Å²) < 4.78 is 18.5. The fourth-order valence-corrected chi connectivity index (χ4v) is 4.35. The first kappa shape index (κ1) is 18.6. The summed E-state index contributed by atoms with van der Waals surface area (Å²) in [5.41, 5.74) is 3.25. The van der Waals surface area contributed by atoms with Gasteiger partial charge in [-0.1, -0.05) is 28.6 Å². The van der Waals surface area contributed by atoms with Crippen molar-refractivity contribution in [2.24, 2.45) is 0 Å². The Hall–Kier alpha value is -3.39. The van der Waals surface area contributed by atoms with Crippen LogP contribution >= 0.6 is 11.3 Å². The van der Waals surface area contributed by atoms with E-state index in [0.717, 1.165) is 22.9 Å². The molecule has 1 aliphatic rings. The third-order valence-corrected chi connectivity index (χ3v) is 6.04. The lowest BCUT2D eigenvalue weighted by Gasteiger charge is -2.03. The van der Waals surface area contributed by atoms with E-state index in [1.807, 2.05) is 54.2 Å². The quantitative estimate of drug-likeness (QED) is 0.439. The minimum atomic E-state index is -0.423. The Morgan fingerprint density at radius 3 is 2.97 bits per heavy atom. The van der Waals surface area contributed by atoms with Crippen LogP contribution in [-0.4, -0.2) is 26.8 Å². The van der Waals surface area contributed by atoms with E-state index < -0.39 is 5.97 Å². The van der Waals surface area contributed by atoms with Crippen molar-refractivity contribution in [3.8, 4) is 22.2 Å². The molecule has 0 aliphatic carbocycles. The molecule has 0 fully saturated rings. The summed E-state index contributed by atoms with van der Waals surface area (Å²) in [6.07, 6.45) is 4.87. The maximum Gasteiger partial charge on any atom is 0.350 e. The molecular weight excluding hydrogens is 402 g/mol. The molecule has 1 unspecified atom stereocenters. The van der Waals surface area contributed by atoms with E-state index in [2.05, 4.69) is 10.1 Å². The fourth-order valence-electron chi connectivity index (χ4n) is 3.42. The van der Waals surface area contributed by atoms with Gasteiger partial charge in [0, 0.05) is 30.4 Å². The van der Waals surface area contributed by atoms with Crippen LogP contribution in [0.3, 0.4) is 0 Å². The van der Waals surface area contributed by atoms with Gasteiger partial charge >= 0.3 is 5.97 Å². The van der Waals surface area contributed by atoms with Gasteiger partial charge in [0.05, 0.1) is 5.69 Å². The molecule has 7 nitrogen and oxygen atoms in total. The number of hydrogen-bond acceptors (Lipinski definition) is 7.